The van der Waals surface area contributed by atoms with Crippen LogP contribution in [0.3, 0.4) is 0 Å². The SMILES string of the molecule is C=CC(=O)OC.C[Si](C)(C)OC[Si](C)(C)O[Si](C)(CC[SiH3])O[Si](C)(C)C. The van der Waals surface area contributed by atoms with Gasteiger partial charge in [-0.15, -0.1) is 0 Å². The van der Waals surface area contributed by atoms with Gasteiger partial charge in [0, 0.05) is 16.3 Å². The van der Waals surface area contributed by atoms with E-state index in [1.54, 1.807) is 0 Å². The fourth-order valence-electron chi connectivity index (χ4n) is 2.31. The summed E-state index contributed by atoms with van der Waals surface area (Å²) in [5, 5.41) is 0. The number of hydrogen-bond acceptors (Lipinski definition) is 5. The standard InChI is InChI=1S/C12H36O3Si5.C4H6O2/c1-17(2,3)13-12-19(7,8)15-20(9,11-10-16)14-18(4,5)6;1-3-4(5)6-2/h10-12H2,1-9,16H3;3H,1H2,2H3. The second-order valence-electron chi connectivity index (χ2n) is 9.09. The molecule has 156 valence electrons. The maximum Gasteiger partial charge on any atom is 0.329 e. The average Bonchev–Trinajstić information content (AvgIpc) is 2.41. The van der Waals surface area contributed by atoms with E-state index in [9.17, 15) is 4.79 Å². The molecule has 0 saturated heterocycles. The summed E-state index contributed by atoms with van der Waals surface area (Å²) in [5.41, 5.74) is 0. The molecule has 0 bridgehead atoms. The molecule has 26 heavy (non-hydrogen) atoms. The lowest BCUT2D eigenvalue weighted by Crippen LogP contribution is -2.55. The molecular weight excluding hydrogens is 413 g/mol. The predicted molar refractivity (Wildman–Crippen MR) is 126 cm³/mol. The Bertz CT molecular complexity index is 432. The van der Waals surface area contributed by atoms with Crippen molar-refractivity contribution in [2.24, 2.45) is 0 Å². The number of carbonyl (C=O) groups is 1. The number of hydrogen-bond donors (Lipinski definition) is 0. The van der Waals surface area contributed by atoms with Gasteiger partial charge in [0.2, 0.25) is 0 Å². The second-order valence-corrected chi connectivity index (χ2v) is 27.0. The van der Waals surface area contributed by atoms with Crippen molar-refractivity contribution in [2.45, 2.75) is 71.0 Å². The van der Waals surface area contributed by atoms with Crippen molar-refractivity contribution in [3.63, 3.8) is 0 Å². The molecule has 0 rings (SSSR count). The summed E-state index contributed by atoms with van der Waals surface area (Å²) in [6.45, 7) is 23.5. The van der Waals surface area contributed by atoms with Gasteiger partial charge in [0.05, 0.1) is 13.3 Å². The highest BCUT2D eigenvalue weighted by Crippen LogP contribution is 2.25. The zero-order valence-electron chi connectivity index (χ0n) is 18.9. The van der Waals surface area contributed by atoms with E-state index in [1.165, 1.54) is 23.4 Å². The van der Waals surface area contributed by atoms with Gasteiger partial charge < -0.3 is 17.4 Å². The number of methoxy groups -OCH3 is 1. The van der Waals surface area contributed by atoms with Crippen LogP contribution in [-0.4, -0.2) is 63.1 Å². The van der Waals surface area contributed by atoms with E-state index >= 15 is 0 Å². The van der Waals surface area contributed by atoms with Crippen molar-refractivity contribution in [3.05, 3.63) is 12.7 Å². The van der Waals surface area contributed by atoms with Crippen LogP contribution in [0.4, 0.5) is 0 Å². The van der Waals surface area contributed by atoms with Gasteiger partial charge in [-0.3, -0.25) is 0 Å². The lowest BCUT2D eigenvalue weighted by Gasteiger charge is -2.40. The molecule has 1 unspecified atom stereocenters. The maximum absolute atomic E-state index is 9.84. The first-order valence-electron chi connectivity index (χ1n) is 9.24. The van der Waals surface area contributed by atoms with Gasteiger partial charge in [-0.1, -0.05) is 12.6 Å². The maximum atomic E-state index is 9.84. The normalized spacial score (nSPS) is 14.8. The van der Waals surface area contributed by atoms with Gasteiger partial charge in [0.15, 0.2) is 25.0 Å². The van der Waals surface area contributed by atoms with Crippen molar-refractivity contribution in [3.8, 4) is 0 Å². The molecule has 0 aliphatic carbocycles. The molecule has 0 aromatic carbocycles. The van der Waals surface area contributed by atoms with Crippen molar-refractivity contribution in [2.75, 3.05) is 13.3 Å². The van der Waals surface area contributed by atoms with Gasteiger partial charge in [-0.25, -0.2) is 4.79 Å². The lowest BCUT2D eigenvalue weighted by atomic mass is 10.7. The molecule has 0 radical (unpaired) electrons. The van der Waals surface area contributed by atoms with Crippen LogP contribution in [0.2, 0.25) is 71.0 Å². The van der Waals surface area contributed by atoms with Crippen LogP contribution in [-0.2, 0) is 22.2 Å². The van der Waals surface area contributed by atoms with E-state index in [-0.39, 0.29) is 0 Å². The molecule has 0 spiro atoms. The quantitative estimate of drug-likeness (QED) is 0.286. The van der Waals surface area contributed by atoms with Crippen LogP contribution < -0.4 is 0 Å². The number of rotatable bonds is 10. The first-order chi connectivity index (χ1) is 11.5. The van der Waals surface area contributed by atoms with E-state index < -0.39 is 39.5 Å². The molecule has 0 amide bonds. The fourth-order valence-corrected chi connectivity index (χ4v) is 20.5. The third-order valence-corrected chi connectivity index (χ3v) is 16.1. The Morgan fingerprint density at radius 1 is 0.962 bits per heavy atom. The molecule has 0 aromatic rings. The van der Waals surface area contributed by atoms with Gasteiger partial charge in [-0.2, -0.15) is 0 Å². The van der Waals surface area contributed by atoms with Crippen LogP contribution >= 0.6 is 0 Å². The molecule has 0 heterocycles. The Balaban J connectivity index is 0. The van der Waals surface area contributed by atoms with E-state index in [2.05, 4.69) is 70.2 Å². The molecule has 0 N–H and O–H groups in total. The fraction of sp³-hybridized carbons (Fsp3) is 0.812. The molecule has 5 nitrogen and oxygen atoms in total. The Hall–Kier alpha value is 0.174. The Morgan fingerprint density at radius 3 is 1.73 bits per heavy atom. The van der Waals surface area contributed by atoms with Crippen LogP contribution in [0, 0.1) is 0 Å². The lowest BCUT2D eigenvalue weighted by molar-refractivity contribution is -0.134. The van der Waals surface area contributed by atoms with Gasteiger partial charge in [-0.05, 0) is 65.0 Å². The first-order valence-corrected chi connectivity index (χ1v) is 23.1. The minimum Gasteiger partial charge on any atom is -0.466 e. The van der Waals surface area contributed by atoms with Crippen molar-refractivity contribution in [1.29, 1.82) is 0 Å². The molecule has 1 atom stereocenters. The van der Waals surface area contributed by atoms with Gasteiger partial charge in [0.25, 0.3) is 0 Å². The number of esters is 1. The third kappa shape index (κ3) is 17.6. The summed E-state index contributed by atoms with van der Waals surface area (Å²) in [5.74, 6) is -0.394. The Labute approximate surface area is 168 Å². The Kier molecular flexibility index (Phi) is 13.0. The second kappa shape index (κ2) is 11.9. The number of carbonyl (C=O) groups excluding carboxylic acids is 1. The third-order valence-electron chi connectivity index (χ3n) is 2.94. The van der Waals surface area contributed by atoms with E-state index in [4.69, 9.17) is 12.7 Å². The van der Waals surface area contributed by atoms with Crippen molar-refractivity contribution < 1.29 is 22.2 Å². The predicted octanol–water partition coefficient (Wildman–Crippen LogP) is 3.65. The van der Waals surface area contributed by atoms with Gasteiger partial charge >= 0.3 is 14.5 Å². The zero-order chi connectivity index (χ0) is 21.2. The molecule has 0 aliphatic heterocycles. The molecule has 10 heteroatoms. The summed E-state index contributed by atoms with van der Waals surface area (Å²) in [6, 6.07) is 2.42. The highest BCUT2D eigenvalue weighted by Gasteiger charge is 2.41. The Morgan fingerprint density at radius 2 is 1.46 bits per heavy atom. The molecule has 0 fully saturated rings. The van der Waals surface area contributed by atoms with E-state index in [0.29, 0.717) is 0 Å². The molecule has 0 aromatic heterocycles. The molecule has 0 saturated carbocycles. The molecular formula is C16H42O5Si5. The highest BCUT2D eigenvalue weighted by atomic mass is 28.5. The average molecular weight is 455 g/mol. The summed E-state index contributed by atoms with van der Waals surface area (Å²) in [6.07, 6.45) is 1.92. The topological polar surface area (TPSA) is 54.0 Å². The molecule has 0 aliphatic rings. The summed E-state index contributed by atoms with van der Waals surface area (Å²) >= 11 is 0. The largest absolute Gasteiger partial charge is 0.466 e. The van der Waals surface area contributed by atoms with Crippen LogP contribution in [0.5, 0.6) is 0 Å². The van der Waals surface area contributed by atoms with Gasteiger partial charge in [0.1, 0.15) is 0 Å². The summed E-state index contributed by atoms with van der Waals surface area (Å²) < 4.78 is 23.4. The smallest absolute Gasteiger partial charge is 0.329 e. The van der Waals surface area contributed by atoms with Crippen LogP contribution in [0.1, 0.15) is 0 Å². The zero-order valence-corrected chi connectivity index (χ0v) is 24.9. The van der Waals surface area contributed by atoms with Crippen LogP contribution in [0.25, 0.3) is 0 Å². The first kappa shape index (κ1) is 28.4. The van der Waals surface area contributed by atoms with E-state index in [0.717, 1.165) is 18.4 Å². The monoisotopic (exact) mass is 454 g/mol. The van der Waals surface area contributed by atoms with Crippen molar-refractivity contribution >= 4 is 49.7 Å². The highest BCUT2D eigenvalue weighted by molar-refractivity contribution is 6.88. The number of ether oxygens (including phenoxy) is 1. The minimum atomic E-state index is -2.02. The van der Waals surface area contributed by atoms with E-state index in [1.807, 2.05) is 0 Å². The summed E-state index contributed by atoms with van der Waals surface area (Å²) in [7, 11) is -4.29. The van der Waals surface area contributed by atoms with Crippen molar-refractivity contribution in [1.82, 2.24) is 0 Å². The minimum absolute atomic E-state index is 0.394. The van der Waals surface area contributed by atoms with Crippen LogP contribution in [0.15, 0.2) is 12.7 Å². The summed E-state index contributed by atoms with van der Waals surface area (Å²) in [4.78, 5) is 9.84.